The summed E-state index contributed by atoms with van der Waals surface area (Å²) in [4.78, 5) is 13.5. The van der Waals surface area contributed by atoms with Crippen molar-refractivity contribution in [2.24, 2.45) is 11.8 Å². The van der Waals surface area contributed by atoms with Gasteiger partial charge in [0.2, 0.25) is 0 Å². The molecule has 1 N–H and O–H groups in total. The van der Waals surface area contributed by atoms with Gasteiger partial charge in [-0.2, -0.15) is 0 Å². The lowest BCUT2D eigenvalue weighted by Gasteiger charge is -2.41. The van der Waals surface area contributed by atoms with Gasteiger partial charge in [0, 0.05) is 0 Å². The van der Waals surface area contributed by atoms with Crippen molar-refractivity contribution >= 4 is 5.97 Å². The fourth-order valence-corrected chi connectivity index (χ4v) is 2.72. The molecule has 1 aliphatic heterocycles. The van der Waals surface area contributed by atoms with Crippen LogP contribution in [0.4, 0.5) is 0 Å². The Kier molecular flexibility index (Phi) is 3.29. The van der Waals surface area contributed by atoms with Gasteiger partial charge < -0.3 is 5.11 Å². The number of likely N-dealkylation sites (tertiary alicyclic amines) is 1. The second-order valence-corrected chi connectivity index (χ2v) is 5.19. The molecule has 0 bridgehead atoms. The van der Waals surface area contributed by atoms with E-state index in [-0.39, 0.29) is 6.04 Å². The van der Waals surface area contributed by atoms with Crippen LogP contribution >= 0.6 is 0 Å². The van der Waals surface area contributed by atoms with Crippen molar-refractivity contribution in [2.75, 3.05) is 13.1 Å². The van der Waals surface area contributed by atoms with Gasteiger partial charge in [-0.1, -0.05) is 13.3 Å². The first-order valence-corrected chi connectivity index (χ1v) is 6.15. The highest BCUT2D eigenvalue weighted by Crippen LogP contribution is 2.34. The lowest BCUT2D eigenvalue weighted by Crippen LogP contribution is -2.51. The van der Waals surface area contributed by atoms with Crippen LogP contribution in [-0.4, -0.2) is 35.1 Å². The standard InChI is InChI=1S/C12H21NO2/c1-9-5-7-13(8-6-9)11(12(14)15)10-3-2-4-10/h9-11H,2-8H2,1H3,(H,14,15). The maximum absolute atomic E-state index is 11.3. The first kappa shape index (κ1) is 10.9. The highest BCUT2D eigenvalue weighted by molar-refractivity contribution is 5.74. The molecule has 1 atom stereocenters. The summed E-state index contributed by atoms with van der Waals surface area (Å²) in [5, 5.41) is 9.29. The summed E-state index contributed by atoms with van der Waals surface area (Å²) in [5.41, 5.74) is 0. The fraction of sp³-hybridized carbons (Fsp3) is 0.917. The molecule has 1 unspecified atom stereocenters. The summed E-state index contributed by atoms with van der Waals surface area (Å²) in [6.07, 6.45) is 5.78. The Hall–Kier alpha value is -0.570. The molecule has 1 aliphatic carbocycles. The van der Waals surface area contributed by atoms with Gasteiger partial charge in [0.1, 0.15) is 6.04 Å². The van der Waals surface area contributed by atoms with Gasteiger partial charge in [-0.15, -0.1) is 0 Å². The Morgan fingerprint density at radius 3 is 2.27 bits per heavy atom. The lowest BCUT2D eigenvalue weighted by molar-refractivity contribution is -0.147. The quantitative estimate of drug-likeness (QED) is 0.776. The Morgan fingerprint density at radius 1 is 1.27 bits per heavy atom. The first-order chi connectivity index (χ1) is 7.18. The predicted octanol–water partition coefficient (Wildman–Crippen LogP) is 1.97. The molecular formula is C12H21NO2. The summed E-state index contributed by atoms with van der Waals surface area (Å²) in [6, 6.07) is -0.189. The number of carboxylic acids is 1. The van der Waals surface area contributed by atoms with E-state index in [0.717, 1.165) is 44.7 Å². The zero-order chi connectivity index (χ0) is 10.8. The van der Waals surface area contributed by atoms with Gasteiger partial charge >= 0.3 is 5.97 Å². The van der Waals surface area contributed by atoms with Crippen LogP contribution < -0.4 is 0 Å². The van der Waals surface area contributed by atoms with E-state index in [1.165, 1.54) is 6.42 Å². The van der Waals surface area contributed by atoms with E-state index >= 15 is 0 Å². The lowest BCUT2D eigenvalue weighted by atomic mass is 9.78. The van der Waals surface area contributed by atoms with Crippen LogP contribution in [0.15, 0.2) is 0 Å². The number of hydrogen-bond donors (Lipinski definition) is 1. The molecule has 0 radical (unpaired) electrons. The van der Waals surface area contributed by atoms with E-state index in [1.807, 2.05) is 0 Å². The minimum absolute atomic E-state index is 0.189. The molecule has 1 heterocycles. The van der Waals surface area contributed by atoms with Gasteiger partial charge in [-0.3, -0.25) is 9.69 Å². The van der Waals surface area contributed by atoms with E-state index < -0.39 is 5.97 Å². The maximum atomic E-state index is 11.3. The Balaban J connectivity index is 1.95. The molecule has 0 aromatic carbocycles. The maximum Gasteiger partial charge on any atom is 0.321 e. The molecule has 2 aliphatic rings. The highest BCUT2D eigenvalue weighted by atomic mass is 16.4. The van der Waals surface area contributed by atoms with E-state index in [1.54, 1.807) is 0 Å². The van der Waals surface area contributed by atoms with Crippen molar-refractivity contribution in [3.05, 3.63) is 0 Å². The van der Waals surface area contributed by atoms with Gasteiger partial charge in [0.15, 0.2) is 0 Å². The first-order valence-electron chi connectivity index (χ1n) is 6.15. The number of rotatable bonds is 3. The fourth-order valence-electron chi connectivity index (χ4n) is 2.72. The van der Waals surface area contributed by atoms with E-state index in [4.69, 9.17) is 0 Å². The third kappa shape index (κ3) is 2.33. The minimum atomic E-state index is -0.603. The van der Waals surface area contributed by atoms with Crippen LogP contribution in [0, 0.1) is 11.8 Å². The van der Waals surface area contributed by atoms with Crippen LogP contribution in [0.25, 0.3) is 0 Å². The molecule has 1 saturated heterocycles. The topological polar surface area (TPSA) is 40.5 Å². The Bertz CT molecular complexity index is 230. The smallest absolute Gasteiger partial charge is 0.321 e. The van der Waals surface area contributed by atoms with Crippen LogP contribution in [0.5, 0.6) is 0 Å². The average Bonchev–Trinajstić information content (AvgIpc) is 2.12. The average molecular weight is 211 g/mol. The van der Waals surface area contributed by atoms with Crippen LogP contribution in [-0.2, 0) is 4.79 Å². The number of nitrogens with zero attached hydrogens (tertiary/aromatic N) is 1. The molecule has 3 nitrogen and oxygen atoms in total. The molecule has 2 rings (SSSR count). The van der Waals surface area contributed by atoms with Crippen LogP contribution in [0.3, 0.4) is 0 Å². The molecule has 0 amide bonds. The van der Waals surface area contributed by atoms with Gasteiger partial charge in [-0.05, 0) is 50.6 Å². The normalized spacial score (nSPS) is 27.3. The molecule has 86 valence electrons. The molecule has 3 heteroatoms. The number of piperidine rings is 1. The monoisotopic (exact) mass is 211 g/mol. The molecule has 0 aromatic heterocycles. The van der Waals surface area contributed by atoms with Crippen molar-refractivity contribution in [3.8, 4) is 0 Å². The number of carbonyl (C=O) groups is 1. The molecular weight excluding hydrogens is 190 g/mol. The third-order valence-electron chi connectivity index (χ3n) is 4.06. The van der Waals surface area contributed by atoms with Crippen LogP contribution in [0.2, 0.25) is 0 Å². The second kappa shape index (κ2) is 4.52. The molecule has 0 aromatic rings. The zero-order valence-corrected chi connectivity index (χ0v) is 9.48. The second-order valence-electron chi connectivity index (χ2n) is 5.19. The van der Waals surface area contributed by atoms with E-state index in [0.29, 0.717) is 5.92 Å². The molecule has 2 fully saturated rings. The largest absolute Gasteiger partial charge is 0.480 e. The van der Waals surface area contributed by atoms with Crippen LogP contribution in [0.1, 0.15) is 39.0 Å². The van der Waals surface area contributed by atoms with E-state index in [2.05, 4.69) is 11.8 Å². The Labute approximate surface area is 91.5 Å². The minimum Gasteiger partial charge on any atom is -0.480 e. The molecule has 15 heavy (non-hydrogen) atoms. The number of aliphatic carboxylic acids is 1. The van der Waals surface area contributed by atoms with Gasteiger partial charge in [0.25, 0.3) is 0 Å². The van der Waals surface area contributed by atoms with Crippen molar-refractivity contribution in [2.45, 2.75) is 45.1 Å². The Morgan fingerprint density at radius 2 is 1.87 bits per heavy atom. The zero-order valence-electron chi connectivity index (χ0n) is 9.48. The SMILES string of the molecule is CC1CCN(C(C(=O)O)C2CCC2)CC1. The number of carboxylic acid groups (broad SMARTS) is 1. The van der Waals surface area contributed by atoms with Crippen molar-refractivity contribution in [1.29, 1.82) is 0 Å². The molecule has 0 spiro atoms. The highest BCUT2D eigenvalue weighted by Gasteiger charge is 2.37. The summed E-state index contributed by atoms with van der Waals surface area (Å²) in [7, 11) is 0. The number of hydrogen-bond acceptors (Lipinski definition) is 2. The summed E-state index contributed by atoms with van der Waals surface area (Å²) < 4.78 is 0. The van der Waals surface area contributed by atoms with Crippen molar-refractivity contribution < 1.29 is 9.90 Å². The summed E-state index contributed by atoms with van der Waals surface area (Å²) in [6.45, 7) is 4.22. The summed E-state index contributed by atoms with van der Waals surface area (Å²) in [5.74, 6) is 0.599. The molecule has 1 saturated carbocycles. The van der Waals surface area contributed by atoms with Crippen molar-refractivity contribution in [3.63, 3.8) is 0 Å². The van der Waals surface area contributed by atoms with E-state index in [9.17, 15) is 9.90 Å². The third-order valence-corrected chi connectivity index (χ3v) is 4.06. The van der Waals surface area contributed by atoms with Gasteiger partial charge in [0.05, 0.1) is 0 Å². The summed E-state index contributed by atoms with van der Waals surface area (Å²) >= 11 is 0. The van der Waals surface area contributed by atoms with Gasteiger partial charge in [-0.25, -0.2) is 0 Å². The van der Waals surface area contributed by atoms with Crippen molar-refractivity contribution in [1.82, 2.24) is 4.90 Å². The predicted molar refractivity (Wildman–Crippen MR) is 58.7 cm³/mol.